The summed E-state index contributed by atoms with van der Waals surface area (Å²) in [5.41, 5.74) is 2.57. The van der Waals surface area contributed by atoms with Crippen LogP contribution in [0, 0.1) is 4.77 Å². The van der Waals surface area contributed by atoms with Crippen molar-refractivity contribution in [3.8, 4) is 0 Å². The molecule has 2 rings (SSSR count). The summed E-state index contributed by atoms with van der Waals surface area (Å²) in [6.07, 6.45) is 0.772. The summed E-state index contributed by atoms with van der Waals surface area (Å²) < 4.78 is 0.401. The zero-order valence-corrected chi connectivity index (χ0v) is 7.80. The van der Waals surface area contributed by atoms with E-state index in [0.29, 0.717) is 10.5 Å². The highest BCUT2D eigenvalue weighted by molar-refractivity contribution is 7.98. The number of thioether (sulfide) groups is 1. The van der Waals surface area contributed by atoms with Crippen LogP contribution in [0.25, 0.3) is 0 Å². The van der Waals surface area contributed by atoms with Gasteiger partial charge in [0.05, 0.1) is 0 Å². The fourth-order valence-corrected chi connectivity index (χ4v) is 2.50. The Morgan fingerprint density at radius 3 is 3.17 bits per heavy atom. The van der Waals surface area contributed by atoms with E-state index in [9.17, 15) is 4.79 Å². The van der Waals surface area contributed by atoms with E-state index in [0.717, 1.165) is 29.0 Å². The number of nitrogens with zero attached hydrogens (tertiary/aromatic N) is 1. The van der Waals surface area contributed by atoms with E-state index < -0.39 is 0 Å². The van der Waals surface area contributed by atoms with E-state index >= 15 is 0 Å². The molecule has 3 nitrogen and oxygen atoms in total. The zero-order valence-electron chi connectivity index (χ0n) is 6.16. The van der Waals surface area contributed by atoms with Crippen molar-refractivity contribution in [1.82, 2.24) is 9.97 Å². The normalized spacial score (nSPS) is 14.3. The van der Waals surface area contributed by atoms with Crippen molar-refractivity contribution in [2.45, 2.75) is 11.5 Å². The van der Waals surface area contributed by atoms with E-state index in [1.807, 2.05) is 0 Å². The number of H-pyrrole nitrogens is 1. The largest absolute Gasteiger partial charge is 0.333 e. The average Bonchev–Trinajstić information content (AvgIpc) is 2.50. The molecule has 5 heteroatoms. The van der Waals surface area contributed by atoms with Crippen LogP contribution < -0.4 is 0 Å². The fourth-order valence-electron chi connectivity index (χ4n) is 1.20. The molecule has 0 saturated heterocycles. The summed E-state index contributed by atoms with van der Waals surface area (Å²) in [4.78, 5) is 17.5. The predicted molar refractivity (Wildman–Crippen MR) is 49.8 cm³/mol. The number of fused-ring (bicyclic) bond motifs is 1. The highest BCUT2D eigenvalue weighted by Crippen LogP contribution is 2.28. The second-order valence-electron chi connectivity index (χ2n) is 2.49. The van der Waals surface area contributed by atoms with E-state index in [-0.39, 0.29) is 0 Å². The molecule has 0 unspecified atom stereocenters. The van der Waals surface area contributed by atoms with E-state index in [1.165, 1.54) is 0 Å². The van der Waals surface area contributed by atoms with Gasteiger partial charge in [-0.25, -0.2) is 4.98 Å². The summed E-state index contributed by atoms with van der Waals surface area (Å²) in [6.45, 7) is 0. The lowest BCUT2D eigenvalue weighted by Crippen LogP contribution is -1.99. The van der Waals surface area contributed by atoms with Gasteiger partial charge in [0.1, 0.15) is 5.69 Å². The van der Waals surface area contributed by atoms with Crippen molar-refractivity contribution in [3.05, 3.63) is 21.7 Å². The Kier molecular flexibility index (Phi) is 1.98. The number of aromatic amines is 1. The second kappa shape index (κ2) is 2.99. The first-order valence-corrected chi connectivity index (χ1v) is 5.02. The molecule has 62 valence electrons. The van der Waals surface area contributed by atoms with Gasteiger partial charge in [-0.2, -0.15) is 11.8 Å². The molecule has 0 aliphatic carbocycles. The molecule has 0 radical (unpaired) electrons. The molecular weight excluding hydrogens is 192 g/mol. The molecule has 12 heavy (non-hydrogen) atoms. The number of rotatable bonds is 1. The molecule has 0 spiro atoms. The number of nitrogens with one attached hydrogen (secondary N) is 1. The highest BCUT2D eigenvalue weighted by atomic mass is 32.2. The third kappa shape index (κ3) is 1.19. The first-order valence-electron chi connectivity index (χ1n) is 3.46. The Bertz CT molecular complexity index is 385. The van der Waals surface area contributed by atoms with E-state index in [1.54, 1.807) is 11.8 Å². The Balaban J connectivity index is 2.70. The molecule has 0 atom stereocenters. The van der Waals surface area contributed by atoms with Crippen molar-refractivity contribution in [1.29, 1.82) is 0 Å². The minimum absolute atomic E-state index is 0.401. The Labute approximate surface area is 78.6 Å². The van der Waals surface area contributed by atoms with Crippen molar-refractivity contribution in [2.75, 3.05) is 0 Å². The summed E-state index contributed by atoms with van der Waals surface area (Å²) in [6, 6.07) is 0. The summed E-state index contributed by atoms with van der Waals surface area (Å²) >= 11 is 6.64. The van der Waals surface area contributed by atoms with Gasteiger partial charge in [-0.05, 0) is 12.2 Å². The molecule has 1 aromatic rings. The molecule has 1 aliphatic rings. The van der Waals surface area contributed by atoms with Crippen molar-refractivity contribution in [3.63, 3.8) is 0 Å². The number of hydrogen-bond donors (Lipinski definition) is 1. The van der Waals surface area contributed by atoms with Crippen molar-refractivity contribution in [2.24, 2.45) is 0 Å². The van der Waals surface area contributed by atoms with Crippen LogP contribution in [0.15, 0.2) is 0 Å². The van der Waals surface area contributed by atoms with Gasteiger partial charge in [-0.1, -0.05) is 0 Å². The standard InChI is InChI=1S/C7H6N2OS2/c10-1-5-4-2-12-3-6(4)9-7(11)8-5/h1H,2-3H2,(H,8,9,11). The first-order chi connectivity index (χ1) is 5.81. The maximum Gasteiger partial charge on any atom is 0.197 e. The van der Waals surface area contributed by atoms with Crippen LogP contribution in [0.1, 0.15) is 21.7 Å². The lowest BCUT2D eigenvalue weighted by atomic mass is 10.2. The lowest BCUT2D eigenvalue weighted by molar-refractivity contribution is 0.111. The van der Waals surface area contributed by atoms with Gasteiger partial charge >= 0.3 is 0 Å². The summed E-state index contributed by atoms with van der Waals surface area (Å²) in [5, 5.41) is 0. The Hall–Kier alpha value is -0.680. The van der Waals surface area contributed by atoms with Gasteiger partial charge in [0, 0.05) is 22.8 Å². The molecule has 1 aromatic heterocycles. The molecule has 0 fully saturated rings. The van der Waals surface area contributed by atoms with Gasteiger partial charge in [-0.15, -0.1) is 0 Å². The van der Waals surface area contributed by atoms with Crippen LogP contribution >= 0.6 is 24.0 Å². The van der Waals surface area contributed by atoms with Gasteiger partial charge in [0.2, 0.25) is 0 Å². The van der Waals surface area contributed by atoms with Crippen LogP contribution in [-0.2, 0) is 11.5 Å². The quantitative estimate of drug-likeness (QED) is 0.551. The molecular formula is C7H6N2OS2. The van der Waals surface area contributed by atoms with Crippen LogP contribution in [0.4, 0.5) is 0 Å². The van der Waals surface area contributed by atoms with Crippen LogP contribution in [0.5, 0.6) is 0 Å². The van der Waals surface area contributed by atoms with E-state index in [2.05, 4.69) is 9.97 Å². The molecule has 0 bridgehead atoms. The van der Waals surface area contributed by atoms with Gasteiger partial charge < -0.3 is 4.98 Å². The van der Waals surface area contributed by atoms with Crippen LogP contribution in [0.2, 0.25) is 0 Å². The molecule has 1 N–H and O–H groups in total. The smallest absolute Gasteiger partial charge is 0.197 e. The van der Waals surface area contributed by atoms with Crippen molar-refractivity contribution < 1.29 is 4.79 Å². The fraction of sp³-hybridized carbons (Fsp3) is 0.286. The SMILES string of the molecule is O=Cc1nc(=S)[nH]c2c1CSC2. The number of carbonyl (C=O) groups excluding carboxylic acids is 1. The first kappa shape index (κ1) is 7.94. The maximum absolute atomic E-state index is 10.6. The number of hydrogen-bond acceptors (Lipinski definition) is 4. The van der Waals surface area contributed by atoms with Gasteiger partial charge in [0.15, 0.2) is 11.1 Å². The average molecular weight is 198 g/mol. The number of aromatic nitrogens is 2. The van der Waals surface area contributed by atoms with Crippen LogP contribution in [-0.4, -0.2) is 16.3 Å². The summed E-state index contributed by atoms with van der Waals surface area (Å²) in [7, 11) is 0. The molecule has 1 aliphatic heterocycles. The van der Waals surface area contributed by atoms with Crippen molar-refractivity contribution >= 4 is 30.3 Å². The molecule has 2 heterocycles. The predicted octanol–water partition coefficient (Wildman–Crippen LogP) is 1.70. The van der Waals surface area contributed by atoms with Crippen LogP contribution in [0.3, 0.4) is 0 Å². The van der Waals surface area contributed by atoms with Gasteiger partial charge in [0.25, 0.3) is 0 Å². The zero-order chi connectivity index (χ0) is 8.55. The lowest BCUT2D eigenvalue weighted by Gasteiger charge is -1.99. The second-order valence-corrected chi connectivity index (χ2v) is 3.87. The monoisotopic (exact) mass is 198 g/mol. The topological polar surface area (TPSA) is 45.8 Å². The Morgan fingerprint density at radius 2 is 2.42 bits per heavy atom. The van der Waals surface area contributed by atoms with E-state index in [4.69, 9.17) is 12.2 Å². The molecule has 0 aromatic carbocycles. The number of carbonyl (C=O) groups is 1. The third-order valence-electron chi connectivity index (χ3n) is 1.76. The highest BCUT2D eigenvalue weighted by Gasteiger charge is 2.16. The maximum atomic E-state index is 10.6. The third-order valence-corrected chi connectivity index (χ3v) is 2.94. The minimum Gasteiger partial charge on any atom is -0.333 e. The molecule has 0 amide bonds. The van der Waals surface area contributed by atoms with Gasteiger partial charge in [-0.3, -0.25) is 4.79 Å². The Morgan fingerprint density at radius 1 is 1.58 bits per heavy atom. The molecule has 0 saturated carbocycles. The minimum atomic E-state index is 0.401. The summed E-state index contributed by atoms with van der Waals surface area (Å²) in [5.74, 6) is 1.77. The number of aldehydes is 1.